The van der Waals surface area contributed by atoms with E-state index in [9.17, 15) is 19.5 Å². The van der Waals surface area contributed by atoms with Crippen molar-refractivity contribution < 1.29 is 19.5 Å². The Labute approximate surface area is 201 Å². The maximum atomic E-state index is 14.2. The Kier molecular flexibility index (Phi) is 6.71. The highest BCUT2D eigenvalue weighted by Crippen LogP contribution is 2.61. The standard InChI is InChI=1S/C25H37N3O4S/c1-6-9-16(4)27-13-8-11-25-20(19-18(33-25)10-7-12-26(5)22(19)30)23(31)28(21(25)24(27)32)17(14-29)15(2)3/h7-8,10-11,15-21,29H,6,9,12-14H2,1-5H3/t16?,17-,18+,19-,20-,21?,25-/m0/s1. The minimum Gasteiger partial charge on any atom is -0.394 e. The predicted molar refractivity (Wildman–Crippen MR) is 129 cm³/mol. The number of carbonyl (C=O) groups excluding carboxylic acids is 3. The number of likely N-dealkylation sites (N-methyl/N-ethyl adjacent to an activating group) is 1. The molecule has 4 heterocycles. The zero-order chi connectivity index (χ0) is 24.1. The third-order valence-corrected chi connectivity index (χ3v) is 9.63. The summed E-state index contributed by atoms with van der Waals surface area (Å²) in [5.41, 5.74) is 0. The Morgan fingerprint density at radius 2 is 1.85 bits per heavy atom. The summed E-state index contributed by atoms with van der Waals surface area (Å²) in [5.74, 6) is -1.44. The molecular formula is C25H37N3O4S. The zero-order valence-electron chi connectivity index (χ0n) is 20.3. The van der Waals surface area contributed by atoms with E-state index < -0.39 is 28.7 Å². The SMILES string of the molecule is CCCC(C)N1CC=C[C@]23S[C@@H]4C=CCN(C)C(=O)[C@@H]4[C@H]2C(=O)N([C@@H](CO)C(C)C)C3C1=O. The summed E-state index contributed by atoms with van der Waals surface area (Å²) < 4.78 is -0.815. The summed E-state index contributed by atoms with van der Waals surface area (Å²) in [6.07, 6.45) is 9.96. The molecule has 0 aromatic heterocycles. The van der Waals surface area contributed by atoms with Crippen molar-refractivity contribution in [1.29, 1.82) is 0 Å². The molecule has 0 radical (unpaired) electrons. The van der Waals surface area contributed by atoms with Gasteiger partial charge in [-0.25, -0.2) is 0 Å². The minimum atomic E-state index is -0.815. The van der Waals surface area contributed by atoms with E-state index >= 15 is 0 Å². The molecule has 4 aliphatic heterocycles. The number of likely N-dealkylation sites (tertiary alicyclic amines) is 1. The second kappa shape index (κ2) is 9.10. The molecule has 7 atom stereocenters. The number of thioether (sulfide) groups is 1. The number of hydrogen-bond donors (Lipinski definition) is 1. The molecular weight excluding hydrogens is 438 g/mol. The number of aliphatic hydroxyl groups is 1. The molecule has 4 rings (SSSR count). The molecule has 2 saturated heterocycles. The first-order chi connectivity index (χ1) is 15.7. The predicted octanol–water partition coefficient (Wildman–Crippen LogP) is 1.92. The molecule has 1 spiro atoms. The van der Waals surface area contributed by atoms with Crippen LogP contribution in [0.3, 0.4) is 0 Å². The average molecular weight is 476 g/mol. The van der Waals surface area contributed by atoms with Crippen LogP contribution in [0.15, 0.2) is 24.3 Å². The molecule has 182 valence electrons. The number of aliphatic hydroxyl groups excluding tert-OH is 1. The average Bonchev–Trinajstić information content (AvgIpc) is 3.08. The number of amides is 3. The number of carbonyl (C=O) groups is 3. The topological polar surface area (TPSA) is 81.2 Å². The number of hydrogen-bond acceptors (Lipinski definition) is 5. The maximum absolute atomic E-state index is 14.2. The molecule has 0 saturated carbocycles. The van der Waals surface area contributed by atoms with Gasteiger partial charge in [-0.3, -0.25) is 14.4 Å². The van der Waals surface area contributed by atoms with Crippen molar-refractivity contribution in [3.63, 3.8) is 0 Å². The van der Waals surface area contributed by atoms with Crippen LogP contribution in [0.5, 0.6) is 0 Å². The molecule has 2 fully saturated rings. The summed E-state index contributed by atoms with van der Waals surface area (Å²) >= 11 is 1.59. The van der Waals surface area contributed by atoms with Gasteiger partial charge in [0.2, 0.25) is 17.7 Å². The van der Waals surface area contributed by atoms with Crippen LogP contribution in [0.4, 0.5) is 0 Å². The van der Waals surface area contributed by atoms with E-state index in [0.717, 1.165) is 12.8 Å². The van der Waals surface area contributed by atoms with Gasteiger partial charge >= 0.3 is 0 Å². The monoisotopic (exact) mass is 475 g/mol. The Morgan fingerprint density at radius 3 is 2.48 bits per heavy atom. The molecule has 7 nitrogen and oxygen atoms in total. The Morgan fingerprint density at radius 1 is 1.12 bits per heavy atom. The van der Waals surface area contributed by atoms with Crippen molar-refractivity contribution >= 4 is 29.5 Å². The van der Waals surface area contributed by atoms with Crippen LogP contribution in [0, 0.1) is 17.8 Å². The van der Waals surface area contributed by atoms with Gasteiger partial charge in [-0.2, -0.15) is 0 Å². The van der Waals surface area contributed by atoms with Crippen LogP contribution in [-0.4, -0.2) is 92.4 Å². The van der Waals surface area contributed by atoms with Crippen molar-refractivity contribution in [3.05, 3.63) is 24.3 Å². The molecule has 0 aromatic carbocycles. The summed E-state index contributed by atoms with van der Waals surface area (Å²) in [6, 6.07) is -1.15. The van der Waals surface area contributed by atoms with Crippen molar-refractivity contribution in [1.82, 2.24) is 14.7 Å². The van der Waals surface area contributed by atoms with Crippen LogP contribution < -0.4 is 0 Å². The van der Waals surface area contributed by atoms with E-state index in [2.05, 4.69) is 13.8 Å². The summed E-state index contributed by atoms with van der Waals surface area (Å²) in [4.78, 5) is 47.0. The van der Waals surface area contributed by atoms with E-state index in [-0.39, 0.29) is 41.5 Å². The summed E-state index contributed by atoms with van der Waals surface area (Å²) in [6.45, 7) is 8.90. The number of nitrogens with zero attached hydrogens (tertiary/aromatic N) is 3. The van der Waals surface area contributed by atoms with Gasteiger partial charge in [0.25, 0.3) is 0 Å². The van der Waals surface area contributed by atoms with Crippen LogP contribution in [0.2, 0.25) is 0 Å². The van der Waals surface area contributed by atoms with Crippen molar-refractivity contribution in [2.45, 2.75) is 68.7 Å². The first-order valence-corrected chi connectivity index (χ1v) is 13.1. The molecule has 8 heteroatoms. The quantitative estimate of drug-likeness (QED) is 0.594. The van der Waals surface area contributed by atoms with Gasteiger partial charge in [0.05, 0.1) is 29.2 Å². The van der Waals surface area contributed by atoms with E-state index in [1.54, 1.807) is 28.6 Å². The van der Waals surface area contributed by atoms with Crippen LogP contribution in [0.25, 0.3) is 0 Å². The molecule has 33 heavy (non-hydrogen) atoms. The Hall–Kier alpha value is -1.80. The van der Waals surface area contributed by atoms with Gasteiger partial charge in [-0.15, -0.1) is 11.8 Å². The van der Waals surface area contributed by atoms with Gasteiger partial charge in [-0.1, -0.05) is 51.5 Å². The molecule has 4 aliphatic rings. The fourth-order valence-electron chi connectivity index (χ4n) is 6.17. The number of rotatable bonds is 6. The highest BCUT2D eigenvalue weighted by Gasteiger charge is 2.71. The third-order valence-electron chi connectivity index (χ3n) is 7.88. The lowest BCUT2D eigenvalue weighted by Crippen LogP contribution is -2.58. The largest absolute Gasteiger partial charge is 0.394 e. The number of fused-ring (bicyclic) bond motifs is 2. The van der Waals surface area contributed by atoms with E-state index in [4.69, 9.17) is 0 Å². The lowest BCUT2D eigenvalue weighted by atomic mass is 9.78. The van der Waals surface area contributed by atoms with E-state index in [1.807, 2.05) is 43.1 Å². The Balaban J connectivity index is 1.86. The third kappa shape index (κ3) is 3.64. The summed E-state index contributed by atoms with van der Waals surface area (Å²) in [5, 5.41) is 10.1. The highest BCUT2D eigenvalue weighted by atomic mass is 32.2. The molecule has 1 N–H and O–H groups in total. The molecule has 3 amide bonds. The van der Waals surface area contributed by atoms with Crippen LogP contribution in [-0.2, 0) is 14.4 Å². The van der Waals surface area contributed by atoms with Gasteiger partial charge in [0.1, 0.15) is 6.04 Å². The van der Waals surface area contributed by atoms with Crippen LogP contribution >= 0.6 is 11.8 Å². The van der Waals surface area contributed by atoms with Crippen molar-refractivity contribution in [2.75, 3.05) is 26.7 Å². The van der Waals surface area contributed by atoms with Crippen molar-refractivity contribution in [2.24, 2.45) is 17.8 Å². The van der Waals surface area contributed by atoms with Crippen LogP contribution in [0.1, 0.15) is 40.5 Å². The van der Waals surface area contributed by atoms with Gasteiger partial charge in [0.15, 0.2) is 0 Å². The van der Waals surface area contributed by atoms with Gasteiger partial charge in [0, 0.05) is 31.4 Å². The Bertz CT molecular complexity index is 874. The zero-order valence-corrected chi connectivity index (χ0v) is 21.1. The molecule has 2 unspecified atom stereocenters. The van der Waals surface area contributed by atoms with Crippen molar-refractivity contribution in [3.8, 4) is 0 Å². The lowest BCUT2D eigenvalue weighted by Gasteiger charge is -2.41. The molecule has 0 aromatic rings. The minimum absolute atomic E-state index is 0.0235. The first-order valence-electron chi connectivity index (χ1n) is 12.2. The second-order valence-corrected chi connectivity index (χ2v) is 11.7. The second-order valence-electron chi connectivity index (χ2n) is 10.3. The maximum Gasteiger partial charge on any atom is 0.247 e. The first kappa shape index (κ1) is 24.3. The fourth-order valence-corrected chi connectivity index (χ4v) is 8.16. The fraction of sp³-hybridized carbons (Fsp3) is 0.720. The molecule has 0 aliphatic carbocycles. The molecule has 0 bridgehead atoms. The van der Waals surface area contributed by atoms with Gasteiger partial charge in [-0.05, 0) is 19.3 Å². The van der Waals surface area contributed by atoms with E-state index in [0.29, 0.717) is 13.1 Å². The lowest BCUT2D eigenvalue weighted by molar-refractivity contribution is -0.148. The normalized spacial score (nSPS) is 35.5. The van der Waals surface area contributed by atoms with Gasteiger partial charge < -0.3 is 19.8 Å². The smallest absolute Gasteiger partial charge is 0.247 e. The highest BCUT2D eigenvalue weighted by molar-refractivity contribution is 8.02. The summed E-state index contributed by atoms with van der Waals surface area (Å²) in [7, 11) is 1.77. The van der Waals surface area contributed by atoms with E-state index in [1.165, 1.54) is 0 Å².